The average molecular weight is 366 g/mol. The van der Waals surface area contributed by atoms with Gasteiger partial charge in [0.2, 0.25) is 0 Å². The lowest BCUT2D eigenvalue weighted by atomic mass is 10.2. The van der Waals surface area contributed by atoms with E-state index in [4.69, 9.17) is 4.74 Å². The van der Waals surface area contributed by atoms with Gasteiger partial charge in [-0.1, -0.05) is 5.21 Å². The van der Waals surface area contributed by atoms with Crippen molar-refractivity contribution in [3.05, 3.63) is 35.7 Å². The van der Waals surface area contributed by atoms with Crippen molar-refractivity contribution in [1.29, 1.82) is 0 Å². The molecule has 1 atom stereocenters. The summed E-state index contributed by atoms with van der Waals surface area (Å²) in [5, 5.41) is 11.5. The molecule has 1 aromatic heterocycles. The van der Waals surface area contributed by atoms with Gasteiger partial charge in [-0.25, -0.2) is 4.68 Å². The van der Waals surface area contributed by atoms with Crippen molar-refractivity contribution in [3.63, 3.8) is 0 Å². The molecule has 136 valence electrons. The van der Waals surface area contributed by atoms with Crippen molar-refractivity contribution in [1.82, 2.24) is 25.2 Å². The van der Waals surface area contributed by atoms with Gasteiger partial charge in [-0.15, -0.1) is 17.5 Å². The first-order valence-electron chi connectivity index (χ1n) is 8.18. The summed E-state index contributed by atoms with van der Waals surface area (Å²) >= 11 is 0. The number of carbonyl (C=O) groups is 1. The quantitative estimate of drug-likeness (QED) is 0.875. The maximum Gasteiger partial charge on any atom is 0.276 e. The van der Waals surface area contributed by atoms with Crippen LogP contribution in [-0.4, -0.2) is 59.1 Å². The molecule has 1 fully saturated rings. The Morgan fingerprint density at radius 1 is 1.36 bits per heavy atom. The van der Waals surface area contributed by atoms with Crippen LogP contribution in [-0.2, 0) is 0 Å². The van der Waals surface area contributed by atoms with Gasteiger partial charge in [-0.05, 0) is 51.1 Å². The molecule has 0 bridgehead atoms. The van der Waals surface area contributed by atoms with Crippen LogP contribution in [0.25, 0.3) is 5.69 Å². The van der Waals surface area contributed by atoms with Gasteiger partial charge in [-0.2, -0.15) is 0 Å². The van der Waals surface area contributed by atoms with Crippen molar-refractivity contribution in [3.8, 4) is 11.4 Å². The summed E-state index contributed by atoms with van der Waals surface area (Å²) in [5.41, 5.74) is 2.03. The molecule has 1 aliphatic heterocycles. The second-order valence-electron chi connectivity index (χ2n) is 5.99. The number of likely N-dealkylation sites (N-methyl/N-ethyl adjacent to an activating group) is 1. The van der Waals surface area contributed by atoms with Crippen LogP contribution in [0.4, 0.5) is 0 Å². The van der Waals surface area contributed by atoms with Crippen molar-refractivity contribution in [2.45, 2.75) is 25.8 Å². The number of benzene rings is 1. The first kappa shape index (κ1) is 19.2. The number of amides is 1. The number of aromatic nitrogens is 3. The maximum absolute atomic E-state index is 12.9. The van der Waals surface area contributed by atoms with E-state index in [1.165, 1.54) is 0 Å². The van der Waals surface area contributed by atoms with E-state index in [2.05, 4.69) is 15.6 Å². The predicted molar refractivity (Wildman–Crippen MR) is 97.9 cm³/mol. The van der Waals surface area contributed by atoms with Crippen LogP contribution in [0.3, 0.4) is 0 Å². The minimum atomic E-state index is -0.0370. The summed E-state index contributed by atoms with van der Waals surface area (Å²) in [6, 6.07) is 7.75. The molecule has 1 N–H and O–H groups in total. The molecular weight excluding hydrogens is 342 g/mol. The first-order chi connectivity index (χ1) is 11.7. The fraction of sp³-hybridized carbons (Fsp3) is 0.471. The van der Waals surface area contributed by atoms with Crippen LogP contribution >= 0.6 is 12.4 Å². The first-order valence-corrected chi connectivity index (χ1v) is 8.18. The number of ether oxygens (including phenoxy) is 1. The zero-order valence-electron chi connectivity index (χ0n) is 14.7. The number of rotatable bonds is 5. The van der Waals surface area contributed by atoms with E-state index >= 15 is 0 Å². The summed E-state index contributed by atoms with van der Waals surface area (Å²) in [5.74, 6) is 0.741. The molecule has 8 heteroatoms. The van der Waals surface area contributed by atoms with E-state index in [0.717, 1.165) is 43.1 Å². The third-order valence-electron chi connectivity index (χ3n) is 4.49. The zero-order valence-corrected chi connectivity index (χ0v) is 15.5. The van der Waals surface area contributed by atoms with Gasteiger partial charge in [0.25, 0.3) is 5.91 Å². The largest absolute Gasteiger partial charge is 0.497 e. The van der Waals surface area contributed by atoms with E-state index in [0.29, 0.717) is 5.69 Å². The molecule has 1 amide bonds. The maximum atomic E-state index is 12.9. The minimum absolute atomic E-state index is 0. The number of hydrogen-bond acceptors (Lipinski definition) is 5. The van der Waals surface area contributed by atoms with Gasteiger partial charge in [0.1, 0.15) is 5.75 Å². The third kappa shape index (κ3) is 3.77. The molecule has 25 heavy (non-hydrogen) atoms. The highest BCUT2D eigenvalue weighted by Crippen LogP contribution is 2.22. The SMILES string of the molecule is CNCC1CCCN1C(=O)c1nnn(-c2ccc(OC)cc2)c1C.Cl. The summed E-state index contributed by atoms with van der Waals surface area (Å²) in [6.07, 6.45) is 2.06. The van der Waals surface area contributed by atoms with Crippen LogP contribution in [0.1, 0.15) is 29.0 Å². The Balaban J connectivity index is 0.00000225. The number of carbonyl (C=O) groups excluding carboxylic acids is 1. The van der Waals surface area contributed by atoms with Gasteiger partial charge in [0, 0.05) is 19.1 Å². The Bertz CT molecular complexity index is 716. The van der Waals surface area contributed by atoms with Crippen LogP contribution < -0.4 is 10.1 Å². The molecular formula is C17H24ClN5O2. The molecule has 1 saturated heterocycles. The zero-order chi connectivity index (χ0) is 17.1. The highest BCUT2D eigenvalue weighted by molar-refractivity contribution is 5.93. The molecule has 0 aliphatic carbocycles. The fourth-order valence-electron chi connectivity index (χ4n) is 3.18. The Hall–Kier alpha value is -2.12. The van der Waals surface area contributed by atoms with Crippen LogP contribution in [0.2, 0.25) is 0 Å². The van der Waals surface area contributed by atoms with Crippen LogP contribution in [0, 0.1) is 6.92 Å². The summed E-state index contributed by atoms with van der Waals surface area (Å²) in [6.45, 7) is 3.46. The highest BCUT2D eigenvalue weighted by atomic mass is 35.5. The van der Waals surface area contributed by atoms with E-state index in [9.17, 15) is 4.79 Å². The normalized spacial score (nSPS) is 16.6. The van der Waals surface area contributed by atoms with Crippen LogP contribution in [0.15, 0.2) is 24.3 Å². The van der Waals surface area contributed by atoms with Crippen LogP contribution in [0.5, 0.6) is 5.75 Å². The third-order valence-corrected chi connectivity index (χ3v) is 4.49. The lowest BCUT2D eigenvalue weighted by molar-refractivity contribution is 0.0730. The molecule has 2 heterocycles. The van der Waals surface area contributed by atoms with Crippen molar-refractivity contribution < 1.29 is 9.53 Å². The Morgan fingerprint density at radius 2 is 2.08 bits per heavy atom. The lowest BCUT2D eigenvalue weighted by Gasteiger charge is -2.23. The Kier molecular flexibility index (Phi) is 6.39. The number of likely N-dealkylation sites (tertiary alicyclic amines) is 1. The Labute approximate surface area is 153 Å². The predicted octanol–water partition coefficient (Wildman–Crippen LogP) is 1.83. The van der Waals surface area contributed by atoms with Crippen molar-refractivity contribution in [2.24, 2.45) is 0 Å². The van der Waals surface area contributed by atoms with Gasteiger partial charge in [-0.3, -0.25) is 4.79 Å². The molecule has 3 rings (SSSR count). The number of hydrogen-bond donors (Lipinski definition) is 1. The van der Waals surface area contributed by atoms with E-state index in [1.807, 2.05) is 43.1 Å². The second kappa shape index (κ2) is 8.31. The highest BCUT2D eigenvalue weighted by Gasteiger charge is 2.31. The lowest BCUT2D eigenvalue weighted by Crippen LogP contribution is -2.41. The molecule has 7 nitrogen and oxygen atoms in total. The topological polar surface area (TPSA) is 72.3 Å². The Morgan fingerprint density at radius 3 is 2.72 bits per heavy atom. The monoisotopic (exact) mass is 365 g/mol. The molecule has 1 aromatic carbocycles. The smallest absolute Gasteiger partial charge is 0.276 e. The molecule has 1 unspecified atom stereocenters. The number of methoxy groups -OCH3 is 1. The van der Waals surface area contributed by atoms with E-state index in [1.54, 1.807) is 11.8 Å². The number of nitrogens with one attached hydrogen (secondary N) is 1. The molecule has 0 spiro atoms. The van der Waals surface area contributed by atoms with E-state index in [-0.39, 0.29) is 24.4 Å². The van der Waals surface area contributed by atoms with Gasteiger partial charge in [0.05, 0.1) is 18.5 Å². The van der Waals surface area contributed by atoms with Gasteiger partial charge in [0.15, 0.2) is 5.69 Å². The van der Waals surface area contributed by atoms with Crippen molar-refractivity contribution in [2.75, 3.05) is 27.2 Å². The minimum Gasteiger partial charge on any atom is -0.497 e. The van der Waals surface area contributed by atoms with E-state index < -0.39 is 0 Å². The fourth-order valence-corrected chi connectivity index (χ4v) is 3.18. The summed E-state index contributed by atoms with van der Waals surface area (Å²) in [4.78, 5) is 14.8. The molecule has 1 aliphatic rings. The van der Waals surface area contributed by atoms with Gasteiger partial charge < -0.3 is 15.0 Å². The summed E-state index contributed by atoms with van der Waals surface area (Å²) < 4.78 is 6.86. The summed E-state index contributed by atoms with van der Waals surface area (Å²) in [7, 11) is 3.54. The van der Waals surface area contributed by atoms with Gasteiger partial charge >= 0.3 is 0 Å². The second-order valence-corrected chi connectivity index (χ2v) is 5.99. The molecule has 0 radical (unpaired) electrons. The van der Waals surface area contributed by atoms with Crippen molar-refractivity contribution >= 4 is 18.3 Å². The average Bonchev–Trinajstić information content (AvgIpc) is 3.21. The molecule has 2 aromatic rings. The standard InChI is InChI=1S/C17H23N5O2.ClH/c1-12-16(17(23)21-10-4-5-14(21)11-18-2)19-20-22(12)13-6-8-15(24-3)9-7-13;/h6-9,14,18H,4-5,10-11H2,1-3H3;1H. The number of halogens is 1. The molecule has 0 saturated carbocycles. The number of nitrogens with zero attached hydrogens (tertiary/aromatic N) is 4.